The molecule has 0 atom stereocenters. The smallest absolute Gasteiger partial charge is 0.273 e. The number of aromatic amines is 1. The molecule has 0 saturated heterocycles. The summed E-state index contributed by atoms with van der Waals surface area (Å²) in [6, 6.07) is 0.515. The molecule has 4 N–H and O–H groups in total. The third-order valence-electron chi connectivity index (χ3n) is 3.48. The van der Waals surface area contributed by atoms with E-state index in [0.29, 0.717) is 24.0 Å². The lowest BCUT2D eigenvalue weighted by molar-refractivity contribution is 0.0947. The van der Waals surface area contributed by atoms with Gasteiger partial charge in [-0.3, -0.25) is 9.89 Å². The normalized spacial score (nSPS) is 11.6. The number of nitrogens with two attached hydrogens (primary N) is 1. The molecular weight excluding hydrogens is 254 g/mol. The fourth-order valence-electron chi connectivity index (χ4n) is 1.85. The van der Waals surface area contributed by atoms with E-state index >= 15 is 0 Å². The molecule has 1 rings (SSSR count). The summed E-state index contributed by atoms with van der Waals surface area (Å²) in [6.07, 6.45) is 0.905. The first-order valence-corrected chi connectivity index (χ1v) is 7.16. The maximum absolute atomic E-state index is 12.0. The maximum Gasteiger partial charge on any atom is 0.273 e. The van der Waals surface area contributed by atoms with Crippen LogP contribution in [-0.4, -0.2) is 47.2 Å². The lowest BCUT2D eigenvalue weighted by atomic mass is 10.1. The molecule has 114 valence electrons. The Morgan fingerprint density at radius 2 is 2.05 bits per heavy atom. The summed E-state index contributed by atoms with van der Waals surface area (Å²) in [5.74, 6) is 0.0154. The molecule has 0 aliphatic rings. The first-order valence-electron chi connectivity index (χ1n) is 7.16. The predicted molar refractivity (Wildman–Crippen MR) is 81.8 cm³/mol. The van der Waals surface area contributed by atoms with Gasteiger partial charge in [0.25, 0.3) is 5.91 Å². The molecule has 0 aromatic carbocycles. The average Bonchev–Trinajstić information content (AvgIpc) is 2.75. The number of hydrogen-bond acceptors (Lipinski definition) is 4. The van der Waals surface area contributed by atoms with Gasteiger partial charge >= 0.3 is 0 Å². The highest BCUT2D eigenvalue weighted by Crippen LogP contribution is 2.21. The van der Waals surface area contributed by atoms with Crippen molar-refractivity contribution in [2.45, 2.75) is 46.1 Å². The van der Waals surface area contributed by atoms with E-state index in [1.807, 2.05) is 13.8 Å². The van der Waals surface area contributed by atoms with E-state index in [2.05, 4.69) is 41.3 Å². The summed E-state index contributed by atoms with van der Waals surface area (Å²) in [4.78, 5) is 14.2. The Kier molecular flexibility index (Phi) is 6.01. The summed E-state index contributed by atoms with van der Waals surface area (Å²) in [5.41, 5.74) is 7.50. The summed E-state index contributed by atoms with van der Waals surface area (Å²) in [7, 11) is 2.08. The zero-order valence-corrected chi connectivity index (χ0v) is 13.2. The minimum absolute atomic E-state index is 0.210. The zero-order valence-electron chi connectivity index (χ0n) is 13.2. The summed E-state index contributed by atoms with van der Waals surface area (Å²) in [5, 5.41) is 9.70. The van der Waals surface area contributed by atoms with Gasteiger partial charge in [0.1, 0.15) is 0 Å². The molecule has 0 aliphatic heterocycles. The highest BCUT2D eigenvalue weighted by atomic mass is 16.1. The van der Waals surface area contributed by atoms with Crippen molar-refractivity contribution in [3.63, 3.8) is 0 Å². The molecule has 6 heteroatoms. The zero-order chi connectivity index (χ0) is 15.3. The fourth-order valence-corrected chi connectivity index (χ4v) is 1.85. The van der Waals surface area contributed by atoms with Crippen LogP contribution in [0.3, 0.4) is 0 Å². The second kappa shape index (κ2) is 7.28. The van der Waals surface area contributed by atoms with E-state index in [-0.39, 0.29) is 11.8 Å². The van der Waals surface area contributed by atoms with Crippen LogP contribution in [0.5, 0.6) is 0 Å². The summed E-state index contributed by atoms with van der Waals surface area (Å²) in [6.45, 7) is 9.89. The third kappa shape index (κ3) is 4.23. The Balaban J connectivity index is 2.44. The van der Waals surface area contributed by atoms with Crippen LogP contribution < -0.4 is 11.1 Å². The lowest BCUT2D eigenvalue weighted by Gasteiger charge is -2.20. The predicted octanol–water partition coefficient (Wildman–Crippen LogP) is 1.58. The highest BCUT2D eigenvalue weighted by Gasteiger charge is 2.18. The second-order valence-corrected chi connectivity index (χ2v) is 5.74. The van der Waals surface area contributed by atoms with Crippen LogP contribution in [0, 0.1) is 0 Å². The minimum atomic E-state index is -0.210. The molecule has 20 heavy (non-hydrogen) atoms. The molecule has 0 aliphatic carbocycles. The molecule has 0 fully saturated rings. The molecule has 0 unspecified atom stereocenters. The quantitative estimate of drug-likeness (QED) is 0.662. The molecule has 0 saturated carbocycles. The number of amides is 1. The van der Waals surface area contributed by atoms with Crippen molar-refractivity contribution < 1.29 is 4.79 Å². The van der Waals surface area contributed by atoms with Gasteiger partial charge in [-0.05, 0) is 39.8 Å². The second-order valence-electron chi connectivity index (χ2n) is 5.74. The number of carbonyl (C=O) groups is 1. The Morgan fingerprint density at radius 1 is 1.40 bits per heavy atom. The van der Waals surface area contributed by atoms with E-state index in [1.54, 1.807) is 0 Å². The molecular formula is C14H27N5O. The SMILES string of the molecule is CC(C)c1[nH]nc(C(=O)NCCCN(C)C(C)C)c1N. The molecule has 0 radical (unpaired) electrons. The number of rotatable bonds is 7. The molecule has 1 aromatic heterocycles. The number of carbonyl (C=O) groups excluding carboxylic acids is 1. The Morgan fingerprint density at radius 3 is 2.55 bits per heavy atom. The van der Waals surface area contributed by atoms with E-state index < -0.39 is 0 Å². The van der Waals surface area contributed by atoms with Gasteiger partial charge in [-0.25, -0.2) is 0 Å². The van der Waals surface area contributed by atoms with Crippen LogP contribution in [0.1, 0.15) is 56.2 Å². The van der Waals surface area contributed by atoms with Crippen LogP contribution in [-0.2, 0) is 0 Å². The van der Waals surface area contributed by atoms with Crippen LogP contribution in [0.2, 0.25) is 0 Å². The highest BCUT2D eigenvalue weighted by molar-refractivity contribution is 5.97. The number of hydrogen-bond donors (Lipinski definition) is 3. The largest absolute Gasteiger partial charge is 0.395 e. The van der Waals surface area contributed by atoms with Crippen molar-refractivity contribution in [3.05, 3.63) is 11.4 Å². The standard InChI is InChI=1S/C14H27N5O/c1-9(2)12-11(15)13(18-17-12)14(20)16-7-6-8-19(5)10(3)4/h9-10H,6-8,15H2,1-5H3,(H,16,20)(H,17,18). The molecule has 1 amide bonds. The maximum atomic E-state index is 12.0. The number of anilines is 1. The van der Waals surface area contributed by atoms with Crippen LogP contribution in [0.25, 0.3) is 0 Å². The van der Waals surface area contributed by atoms with Crippen LogP contribution in [0.4, 0.5) is 5.69 Å². The monoisotopic (exact) mass is 281 g/mol. The van der Waals surface area contributed by atoms with E-state index in [9.17, 15) is 4.79 Å². The van der Waals surface area contributed by atoms with Crippen molar-refractivity contribution >= 4 is 11.6 Å². The van der Waals surface area contributed by atoms with Gasteiger partial charge in [-0.1, -0.05) is 13.8 Å². The van der Waals surface area contributed by atoms with Gasteiger partial charge in [-0.15, -0.1) is 0 Å². The number of aromatic nitrogens is 2. The van der Waals surface area contributed by atoms with Gasteiger partial charge in [0.2, 0.25) is 0 Å². The van der Waals surface area contributed by atoms with E-state index in [1.165, 1.54) is 0 Å². The van der Waals surface area contributed by atoms with Crippen molar-refractivity contribution in [1.29, 1.82) is 0 Å². The molecule has 1 heterocycles. The Bertz CT molecular complexity index is 439. The van der Waals surface area contributed by atoms with Crippen molar-refractivity contribution in [2.75, 3.05) is 25.9 Å². The number of nitrogen functional groups attached to an aromatic ring is 1. The molecule has 6 nitrogen and oxygen atoms in total. The Hall–Kier alpha value is -1.56. The third-order valence-corrected chi connectivity index (χ3v) is 3.48. The average molecular weight is 281 g/mol. The first kappa shape index (κ1) is 16.5. The van der Waals surface area contributed by atoms with Gasteiger partial charge in [0, 0.05) is 12.6 Å². The molecule has 0 bridgehead atoms. The topological polar surface area (TPSA) is 87.0 Å². The van der Waals surface area contributed by atoms with Crippen molar-refractivity contribution in [3.8, 4) is 0 Å². The summed E-state index contributed by atoms with van der Waals surface area (Å²) >= 11 is 0. The van der Waals surface area contributed by atoms with Gasteiger partial charge in [0.15, 0.2) is 5.69 Å². The number of nitrogens with one attached hydrogen (secondary N) is 2. The van der Waals surface area contributed by atoms with Crippen LogP contribution in [0.15, 0.2) is 0 Å². The molecule has 0 spiro atoms. The van der Waals surface area contributed by atoms with Crippen LogP contribution >= 0.6 is 0 Å². The van der Waals surface area contributed by atoms with Crippen molar-refractivity contribution in [2.24, 2.45) is 0 Å². The van der Waals surface area contributed by atoms with Crippen molar-refractivity contribution in [1.82, 2.24) is 20.4 Å². The lowest BCUT2D eigenvalue weighted by Crippen LogP contribution is -2.31. The summed E-state index contributed by atoms with van der Waals surface area (Å²) < 4.78 is 0. The van der Waals surface area contributed by atoms with E-state index in [0.717, 1.165) is 18.7 Å². The molecule has 1 aromatic rings. The van der Waals surface area contributed by atoms with E-state index in [4.69, 9.17) is 5.73 Å². The number of nitrogens with zero attached hydrogens (tertiary/aromatic N) is 2. The van der Waals surface area contributed by atoms with Gasteiger partial charge in [0.05, 0.1) is 11.4 Å². The fraction of sp³-hybridized carbons (Fsp3) is 0.714. The van der Waals surface area contributed by atoms with Gasteiger partial charge < -0.3 is 16.0 Å². The Labute approximate surface area is 121 Å². The number of H-pyrrole nitrogens is 1. The minimum Gasteiger partial charge on any atom is -0.395 e. The first-order chi connectivity index (χ1) is 9.34. The van der Waals surface area contributed by atoms with Gasteiger partial charge in [-0.2, -0.15) is 5.10 Å².